The topological polar surface area (TPSA) is 92.2 Å². The molecule has 196 valence electrons. The second-order valence-corrected chi connectivity index (χ2v) is 11.7. The van der Waals surface area contributed by atoms with E-state index in [9.17, 15) is 0 Å². The van der Waals surface area contributed by atoms with E-state index in [1.807, 2.05) is 6.33 Å². The lowest BCUT2D eigenvalue weighted by atomic mass is 9.78. The summed E-state index contributed by atoms with van der Waals surface area (Å²) in [4.78, 5) is 17.2. The number of hydrogen-bond donors (Lipinski definition) is 3. The number of nitrogens with zero attached hydrogens (tertiary/aromatic N) is 5. The quantitative estimate of drug-likeness (QED) is 0.436. The molecular weight excluding hydrogens is 464 g/mol. The van der Waals surface area contributed by atoms with Crippen molar-refractivity contribution in [2.75, 3.05) is 48.9 Å². The lowest BCUT2D eigenvalue weighted by Crippen LogP contribution is -2.66. The summed E-state index contributed by atoms with van der Waals surface area (Å²) in [7, 11) is 2.06. The van der Waals surface area contributed by atoms with Gasteiger partial charge in [0, 0.05) is 42.6 Å². The van der Waals surface area contributed by atoms with Crippen LogP contribution in [0.4, 0.5) is 23.1 Å². The van der Waals surface area contributed by atoms with Crippen LogP contribution in [0.15, 0.2) is 30.6 Å². The molecule has 2 aliphatic carbocycles. The zero-order chi connectivity index (χ0) is 24.8. The molecule has 4 heterocycles. The van der Waals surface area contributed by atoms with Gasteiger partial charge in [0.05, 0.1) is 25.0 Å². The van der Waals surface area contributed by atoms with Crippen molar-refractivity contribution in [2.24, 2.45) is 5.41 Å². The summed E-state index contributed by atoms with van der Waals surface area (Å²) < 4.78 is 7.71. The largest absolute Gasteiger partial charge is 0.380 e. The SMILES string of the molecule is CNC1CCC(Nc2nc(Nc3ccc(N4CC5(COC5)C4)cc3)c3ncn(C4CCCC4)c3n2)CC1. The van der Waals surface area contributed by atoms with Crippen molar-refractivity contribution < 1.29 is 4.74 Å². The highest BCUT2D eigenvalue weighted by molar-refractivity contribution is 5.86. The molecule has 0 unspecified atom stereocenters. The maximum Gasteiger partial charge on any atom is 0.227 e. The number of nitrogens with one attached hydrogen (secondary N) is 3. The van der Waals surface area contributed by atoms with Crippen molar-refractivity contribution in [2.45, 2.75) is 69.5 Å². The number of aromatic nitrogens is 4. The average Bonchev–Trinajstić information content (AvgIpc) is 3.54. The van der Waals surface area contributed by atoms with Gasteiger partial charge in [0.15, 0.2) is 17.0 Å². The van der Waals surface area contributed by atoms with E-state index < -0.39 is 0 Å². The third kappa shape index (κ3) is 4.42. The molecule has 2 aromatic heterocycles. The summed E-state index contributed by atoms with van der Waals surface area (Å²) in [5.74, 6) is 1.48. The Labute approximate surface area is 218 Å². The maximum atomic E-state index is 5.42. The van der Waals surface area contributed by atoms with Gasteiger partial charge < -0.3 is 30.2 Å². The van der Waals surface area contributed by atoms with Gasteiger partial charge in [-0.05, 0) is 69.8 Å². The first-order valence-electron chi connectivity index (χ1n) is 14.1. The minimum absolute atomic E-state index is 0.401. The molecule has 3 N–H and O–H groups in total. The maximum absolute atomic E-state index is 5.42. The summed E-state index contributed by atoms with van der Waals surface area (Å²) in [6, 6.07) is 10.2. The van der Waals surface area contributed by atoms with Crippen LogP contribution >= 0.6 is 0 Å². The number of rotatable bonds is 7. The molecule has 1 aromatic carbocycles. The molecular formula is C28H38N8O. The predicted octanol–water partition coefficient (Wildman–Crippen LogP) is 4.46. The fourth-order valence-corrected chi connectivity index (χ4v) is 6.64. The zero-order valence-corrected chi connectivity index (χ0v) is 21.7. The number of benzene rings is 1. The molecule has 2 aliphatic heterocycles. The van der Waals surface area contributed by atoms with E-state index >= 15 is 0 Å². The second-order valence-electron chi connectivity index (χ2n) is 11.7. The highest BCUT2D eigenvalue weighted by atomic mass is 16.5. The van der Waals surface area contributed by atoms with Crippen LogP contribution in [0.2, 0.25) is 0 Å². The van der Waals surface area contributed by atoms with Gasteiger partial charge in [-0.2, -0.15) is 9.97 Å². The van der Waals surface area contributed by atoms with E-state index in [1.54, 1.807) is 0 Å². The van der Waals surface area contributed by atoms with E-state index in [2.05, 4.69) is 56.7 Å². The Morgan fingerprint density at radius 2 is 1.65 bits per heavy atom. The van der Waals surface area contributed by atoms with Gasteiger partial charge in [-0.25, -0.2) is 4.98 Å². The molecule has 4 aliphatic rings. The van der Waals surface area contributed by atoms with Crippen molar-refractivity contribution in [1.29, 1.82) is 0 Å². The number of hydrogen-bond acceptors (Lipinski definition) is 8. The van der Waals surface area contributed by atoms with Crippen LogP contribution in [0.1, 0.15) is 57.4 Å². The van der Waals surface area contributed by atoms with Crippen LogP contribution in [0, 0.1) is 5.41 Å². The number of imidazole rings is 1. The van der Waals surface area contributed by atoms with Crippen molar-refractivity contribution >= 4 is 34.3 Å². The molecule has 1 spiro atoms. The smallest absolute Gasteiger partial charge is 0.227 e. The Morgan fingerprint density at radius 1 is 0.919 bits per heavy atom. The molecule has 0 bridgehead atoms. The minimum atomic E-state index is 0.401. The van der Waals surface area contributed by atoms with Crippen molar-refractivity contribution in [3.63, 3.8) is 0 Å². The van der Waals surface area contributed by atoms with Gasteiger partial charge in [0.1, 0.15) is 0 Å². The molecule has 0 atom stereocenters. The lowest BCUT2D eigenvalue weighted by molar-refractivity contribution is -0.127. The van der Waals surface area contributed by atoms with Gasteiger partial charge in [0.2, 0.25) is 5.95 Å². The van der Waals surface area contributed by atoms with E-state index in [0.29, 0.717) is 29.5 Å². The predicted molar refractivity (Wildman–Crippen MR) is 147 cm³/mol. The molecule has 37 heavy (non-hydrogen) atoms. The average molecular weight is 503 g/mol. The summed E-state index contributed by atoms with van der Waals surface area (Å²) in [6.07, 6.45) is 11.5. The van der Waals surface area contributed by atoms with Crippen LogP contribution in [0.3, 0.4) is 0 Å². The van der Waals surface area contributed by atoms with Crippen molar-refractivity contribution in [3.8, 4) is 0 Å². The fraction of sp³-hybridized carbons (Fsp3) is 0.607. The third-order valence-electron chi connectivity index (χ3n) is 8.97. The molecule has 0 amide bonds. The van der Waals surface area contributed by atoms with Crippen molar-refractivity contribution in [1.82, 2.24) is 24.8 Å². The van der Waals surface area contributed by atoms with E-state index in [-0.39, 0.29) is 0 Å². The lowest BCUT2D eigenvalue weighted by Gasteiger charge is -2.56. The highest BCUT2D eigenvalue weighted by Crippen LogP contribution is 2.40. The summed E-state index contributed by atoms with van der Waals surface area (Å²) in [5, 5.41) is 10.7. The third-order valence-corrected chi connectivity index (χ3v) is 8.97. The fourth-order valence-electron chi connectivity index (χ4n) is 6.64. The Bertz CT molecular complexity index is 1230. The molecule has 9 nitrogen and oxygen atoms in total. The second kappa shape index (κ2) is 9.44. The van der Waals surface area contributed by atoms with Gasteiger partial charge in [0.25, 0.3) is 0 Å². The Morgan fingerprint density at radius 3 is 2.32 bits per heavy atom. The first-order chi connectivity index (χ1) is 18.2. The molecule has 2 saturated carbocycles. The summed E-state index contributed by atoms with van der Waals surface area (Å²) >= 11 is 0. The monoisotopic (exact) mass is 502 g/mol. The zero-order valence-electron chi connectivity index (χ0n) is 21.7. The highest BCUT2D eigenvalue weighted by Gasteiger charge is 2.49. The Balaban J connectivity index is 1.13. The van der Waals surface area contributed by atoms with Crippen LogP contribution in [0.5, 0.6) is 0 Å². The molecule has 0 radical (unpaired) electrons. The minimum Gasteiger partial charge on any atom is -0.380 e. The molecule has 2 saturated heterocycles. The molecule has 3 aromatic rings. The Hall–Kier alpha value is -2.91. The van der Waals surface area contributed by atoms with Crippen molar-refractivity contribution in [3.05, 3.63) is 30.6 Å². The van der Waals surface area contributed by atoms with E-state index in [4.69, 9.17) is 19.7 Å². The van der Waals surface area contributed by atoms with Gasteiger partial charge in [-0.1, -0.05) is 12.8 Å². The van der Waals surface area contributed by atoms with E-state index in [0.717, 1.165) is 61.8 Å². The van der Waals surface area contributed by atoms with Gasteiger partial charge in [-0.3, -0.25) is 0 Å². The summed E-state index contributed by atoms with van der Waals surface area (Å²) in [6.45, 7) is 4.01. The molecule has 4 fully saturated rings. The van der Waals surface area contributed by atoms with E-state index in [1.165, 1.54) is 44.2 Å². The summed E-state index contributed by atoms with van der Waals surface area (Å²) in [5.41, 5.74) is 4.47. The first kappa shape index (κ1) is 23.2. The Kier molecular flexibility index (Phi) is 5.92. The molecule has 7 rings (SSSR count). The van der Waals surface area contributed by atoms with Gasteiger partial charge >= 0.3 is 0 Å². The number of ether oxygens (including phenoxy) is 1. The van der Waals surface area contributed by atoms with Crippen LogP contribution in [0.25, 0.3) is 11.2 Å². The number of anilines is 4. The molecule has 9 heteroatoms. The van der Waals surface area contributed by atoms with Crippen LogP contribution in [-0.2, 0) is 4.74 Å². The first-order valence-corrected chi connectivity index (χ1v) is 14.1. The number of fused-ring (bicyclic) bond motifs is 1. The van der Waals surface area contributed by atoms with Crippen LogP contribution < -0.4 is 20.9 Å². The normalized spacial score (nSPS) is 25.3. The van der Waals surface area contributed by atoms with Crippen LogP contribution in [-0.4, -0.2) is 65.0 Å². The van der Waals surface area contributed by atoms with Gasteiger partial charge in [-0.15, -0.1) is 0 Å². The standard InChI is InChI=1S/C28H38N8O/c1-29-19-6-8-21(9-7-19)32-27-33-25(24-26(34-27)36(18-30-24)23-4-2-3-5-23)31-20-10-12-22(13-11-20)35-14-28(15-35)16-37-17-28/h10-13,18-19,21,23,29H,2-9,14-17H2,1H3,(H2,31,32,33,34).